The van der Waals surface area contributed by atoms with Crippen molar-refractivity contribution in [1.82, 2.24) is 20.9 Å². The second-order valence-corrected chi connectivity index (χ2v) is 6.91. The number of amides is 3. The number of urea groups is 1. The molecule has 2 aliphatic heterocycles. The van der Waals surface area contributed by atoms with Gasteiger partial charge >= 0.3 is 6.03 Å². The summed E-state index contributed by atoms with van der Waals surface area (Å²) in [6, 6.07) is 0.688. The van der Waals surface area contributed by atoms with Gasteiger partial charge in [0, 0.05) is 30.7 Å². The second kappa shape index (κ2) is 7.42. The van der Waals surface area contributed by atoms with Gasteiger partial charge in [0.15, 0.2) is 0 Å². The zero-order chi connectivity index (χ0) is 14.8. The number of carbonyl (C=O) groups excluding carboxylic acids is 2. The van der Waals surface area contributed by atoms with Crippen molar-refractivity contribution in [3.63, 3.8) is 0 Å². The number of halogens is 1. The molecule has 2 saturated heterocycles. The summed E-state index contributed by atoms with van der Waals surface area (Å²) >= 11 is 0. The molecule has 0 aromatic carbocycles. The van der Waals surface area contributed by atoms with Crippen LogP contribution in [0, 0.1) is 0 Å². The lowest BCUT2D eigenvalue weighted by molar-refractivity contribution is -0.121. The lowest BCUT2D eigenvalue weighted by atomic mass is 10.1. The molecular weight excluding hydrogens is 292 g/mol. The Morgan fingerprint density at radius 1 is 1.19 bits per heavy atom. The molecule has 0 radical (unpaired) electrons. The summed E-state index contributed by atoms with van der Waals surface area (Å²) in [4.78, 5) is 25.7. The summed E-state index contributed by atoms with van der Waals surface area (Å²) in [5, 5.41) is 8.70. The van der Waals surface area contributed by atoms with E-state index >= 15 is 0 Å². The standard InChI is InChI=1S/C14H26N4O2.ClH/c1-14(2,3)17-13(20)16-12(19)9-18-7-6-10-4-5-11(8-18)15-10;/h10-11,15H,4-9H2,1-3H3,(H2,16,17,19,20);1H. The Balaban J connectivity index is 0.00000220. The van der Waals surface area contributed by atoms with Gasteiger partial charge in [0.25, 0.3) is 0 Å². The summed E-state index contributed by atoms with van der Waals surface area (Å²) in [5.41, 5.74) is -0.337. The maximum Gasteiger partial charge on any atom is 0.321 e. The Labute approximate surface area is 132 Å². The number of carbonyl (C=O) groups is 2. The highest BCUT2D eigenvalue weighted by Crippen LogP contribution is 2.19. The van der Waals surface area contributed by atoms with Gasteiger partial charge in [-0.25, -0.2) is 4.79 Å². The average Bonchev–Trinajstić information content (AvgIpc) is 2.59. The van der Waals surface area contributed by atoms with Crippen LogP contribution in [0.4, 0.5) is 4.79 Å². The highest BCUT2D eigenvalue weighted by molar-refractivity contribution is 5.95. The van der Waals surface area contributed by atoms with Crippen molar-refractivity contribution in [3.05, 3.63) is 0 Å². The van der Waals surface area contributed by atoms with Crippen molar-refractivity contribution in [1.29, 1.82) is 0 Å². The van der Waals surface area contributed by atoms with Crippen LogP contribution in [0.15, 0.2) is 0 Å². The fourth-order valence-electron chi connectivity index (χ4n) is 2.90. The van der Waals surface area contributed by atoms with Crippen molar-refractivity contribution in [2.24, 2.45) is 0 Å². The first kappa shape index (κ1) is 18.2. The number of fused-ring (bicyclic) bond motifs is 2. The van der Waals surface area contributed by atoms with Gasteiger partial charge in [-0.2, -0.15) is 0 Å². The maximum absolute atomic E-state index is 11.9. The molecule has 2 bridgehead atoms. The lowest BCUT2D eigenvalue weighted by Crippen LogP contribution is -2.50. The Bertz CT molecular complexity index is 384. The van der Waals surface area contributed by atoms with Crippen molar-refractivity contribution < 1.29 is 9.59 Å². The van der Waals surface area contributed by atoms with E-state index in [0.29, 0.717) is 18.6 Å². The molecule has 2 unspecified atom stereocenters. The normalized spacial score (nSPS) is 25.7. The van der Waals surface area contributed by atoms with E-state index in [9.17, 15) is 9.59 Å². The topological polar surface area (TPSA) is 73.5 Å². The molecule has 6 nitrogen and oxygen atoms in total. The molecule has 0 saturated carbocycles. The van der Waals surface area contributed by atoms with Gasteiger partial charge in [-0.15, -0.1) is 12.4 Å². The first-order valence-corrected chi connectivity index (χ1v) is 7.42. The summed E-state index contributed by atoms with van der Waals surface area (Å²) in [7, 11) is 0. The number of imide groups is 1. The molecule has 0 aliphatic carbocycles. The zero-order valence-corrected chi connectivity index (χ0v) is 13.9. The molecule has 2 rings (SSSR count). The van der Waals surface area contributed by atoms with Crippen LogP contribution in [0.1, 0.15) is 40.0 Å². The molecular formula is C14H27ClN4O2. The van der Waals surface area contributed by atoms with Crippen molar-refractivity contribution in [2.45, 2.75) is 57.7 Å². The van der Waals surface area contributed by atoms with Crippen molar-refractivity contribution in [3.8, 4) is 0 Å². The number of hydrogen-bond donors (Lipinski definition) is 3. The molecule has 21 heavy (non-hydrogen) atoms. The van der Waals surface area contributed by atoms with Gasteiger partial charge in [0.05, 0.1) is 6.54 Å². The minimum absolute atomic E-state index is 0. The van der Waals surface area contributed by atoms with Gasteiger partial charge < -0.3 is 10.6 Å². The molecule has 7 heteroatoms. The monoisotopic (exact) mass is 318 g/mol. The van der Waals surface area contributed by atoms with E-state index in [-0.39, 0.29) is 23.9 Å². The molecule has 2 fully saturated rings. The predicted molar refractivity (Wildman–Crippen MR) is 84.7 cm³/mol. The Kier molecular flexibility index (Phi) is 6.43. The Morgan fingerprint density at radius 3 is 2.52 bits per heavy atom. The van der Waals surface area contributed by atoms with Crippen LogP contribution >= 0.6 is 12.4 Å². The molecule has 2 atom stereocenters. The number of rotatable bonds is 2. The average molecular weight is 319 g/mol. The van der Waals surface area contributed by atoms with Crippen LogP contribution in [0.25, 0.3) is 0 Å². The smallest absolute Gasteiger partial charge is 0.321 e. The van der Waals surface area contributed by atoms with Crippen LogP contribution in [0.2, 0.25) is 0 Å². The van der Waals surface area contributed by atoms with E-state index < -0.39 is 6.03 Å². The van der Waals surface area contributed by atoms with Gasteiger partial charge in [-0.1, -0.05) is 0 Å². The van der Waals surface area contributed by atoms with E-state index in [4.69, 9.17) is 0 Å². The maximum atomic E-state index is 11.9. The Morgan fingerprint density at radius 2 is 1.86 bits per heavy atom. The molecule has 3 N–H and O–H groups in total. The van der Waals surface area contributed by atoms with E-state index in [1.807, 2.05) is 20.8 Å². The molecule has 2 aliphatic rings. The van der Waals surface area contributed by atoms with E-state index in [0.717, 1.165) is 19.5 Å². The number of nitrogens with one attached hydrogen (secondary N) is 3. The fraction of sp³-hybridized carbons (Fsp3) is 0.857. The summed E-state index contributed by atoms with van der Waals surface area (Å²) < 4.78 is 0. The van der Waals surface area contributed by atoms with Gasteiger partial charge in [0.2, 0.25) is 5.91 Å². The van der Waals surface area contributed by atoms with E-state index in [2.05, 4.69) is 20.9 Å². The summed E-state index contributed by atoms with van der Waals surface area (Å²) in [6.45, 7) is 7.76. The number of nitrogens with zero attached hydrogens (tertiary/aromatic N) is 1. The fourth-order valence-corrected chi connectivity index (χ4v) is 2.90. The number of likely N-dealkylation sites (tertiary alicyclic amines) is 1. The van der Waals surface area contributed by atoms with Crippen molar-refractivity contribution in [2.75, 3.05) is 19.6 Å². The highest BCUT2D eigenvalue weighted by Gasteiger charge is 2.30. The van der Waals surface area contributed by atoms with Crippen LogP contribution in [0.5, 0.6) is 0 Å². The molecule has 0 spiro atoms. The third-order valence-corrected chi connectivity index (χ3v) is 3.72. The second-order valence-electron chi connectivity index (χ2n) is 6.91. The molecule has 122 valence electrons. The largest absolute Gasteiger partial charge is 0.333 e. The third-order valence-electron chi connectivity index (χ3n) is 3.72. The SMILES string of the molecule is CC(C)(C)NC(=O)NC(=O)CN1CCC2CCC(C1)N2.Cl. The van der Waals surface area contributed by atoms with Gasteiger partial charge in [-0.05, 0) is 40.0 Å². The van der Waals surface area contributed by atoms with Crippen molar-refractivity contribution >= 4 is 24.3 Å². The van der Waals surface area contributed by atoms with Gasteiger partial charge in [0.1, 0.15) is 0 Å². The quantitative estimate of drug-likeness (QED) is 0.706. The molecule has 0 aromatic rings. The van der Waals surface area contributed by atoms with Crippen LogP contribution in [0.3, 0.4) is 0 Å². The molecule has 3 amide bonds. The first-order valence-electron chi connectivity index (χ1n) is 7.42. The van der Waals surface area contributed by atoms with Crippen LogP contribution in [-0.2, 0) is 4.79 Å². The van der Waals surface area contributed by atoms with E-state index in [1.165, 1.54) is 12.8 Å². The first-order chi connectivity index (χ1) is 9.32. The minimum atomic E-state index is -0.419. The highest BCUT2D eigenvalue weighted by atomic mass is 35.5. The number of hydrogen-bond acceptors (Lipinski definition) is 4. The van der Waals surface area contributed by atoms with Crippen LogP contribution < -0.4 is 16.0 Å². The molecule has 0 aromatic heterocycles. The summed E-state index contributed by atoms with van der Waals surface area (Å²) in [6.07, 6.45) is 3.52. The van der Waals surface area contributed by atoms with Crippen LogP contribution in [-0.4, -0.2) is 54.1 Å². The Hall–Kier alpha value is -0.850. The summed E-state index contributed by atoms with van der Waals surface area (Å²) in [5.74, 6) is -0.232. The lowest BCUT2D eigenvalue weighted by Gasteiger charge is -2.24. The van der Waals surface area contributed by atoms with E-state index in [1.54, 1.807) is 0 Å². The minimum Gasteiger partial charge on any atom is -0.333 e. The zero-order valence-electron chi connectivity index (χ0n) is 13.1. The van der Waals surface area contributed by atoms with Gasteiger partial charge in [-0.3, -0.25) is 15.0 Å². The molecule has 2 heterocycles. The predicted octanol–water partition coefficient (Wildman–Crippen LogP) is 0.859. The third kappa shape index (κ3) is 6.20.